The van der Waals surface area contributed by atoms with E-state index < -0.39 is 18.1 Å². The lowest BCUT2D eigenvalue weighted by Crippen LogP contribution is -2.35. The minimum Gasteiger partial charge on any atom is -0.550 e. The molecule has 0 fully saturated rings. The Kier molecular flexibility index (Phi) is 7.17. The van der Waals surface area contributed by atoms with Crippen molar-refractivity contribution in [2.24, 2.45) is 0 Å². The van der Waals surface area contributed by atoms with E-state index in [0.29, 0.717) is 17.9 Å². The van der Waals surface area contributed by atoms with Crippen LogP contribution in [-0.4, -0.2) is 18.7 Å². The summed E-state index contributed by atoms with van der Waals surface area (Å²) in [7, 11) is 0. The van der Waals surface area contributed by atoms with E-state index in [1.807, 2.05) is 66.7 Å². The molecule has 0 unspecified atom stereocenters. The van der Waals surface area contributed by atoms with E-state index in [4.69, 9.17) is 9.47 Å². The monoisotopic (exact) mass is 492 g/mol. The number of fused-ring (bicyclic) bond motifs is 3. The second-order valence-electron chi connectivity index (χ2n) is 8.94. The molecule has 0 saturated heterocycles. The quantitative estimate of drug-likeness (QED) is 0.356. The van der Waals surface area contributed by atoms with E-state index in [9.17, 15) is 14.7 Å². The molecule has 6 heteroatoms. The first-order valence-corrected chi connectivity index (χ1v) is 12.2. The summed E-state index contributed by atoms with van der Waals surface area (Å²) in [5, 5.41) is 14.1. The number of ether oxygens (including phenoxy) is 2. The van der Waals surface area contributed by atoms with Crippen LogP contribution in [-0.2, 0) is 16.1 Å². The van der Waals surface area contributed by atoms with Crippen LogP contribution in [0.5, 0.6) is 5.75 Å². The molecule has 1 N–H and O–H groups in total. The van der Waals surface area contributed by atoms with Crippen LogP contribution < -0.4 is 15.2 Å². The largest absolute Gasteiger partial charge is 0.550 e. The van der Waals surface area contributed by atoms with Gasteiger partial charge in [0.05, 0.1) is 6.04 Å². The Balaban J connectivity index is 1.23. The second kappa shape index (κ2) is 11.0. The smallest absolute Gasteiger partial charge is 0.407 e. The number of hydrogen-bond donors (Lipinski definition) is 1. The van der Waals surface area contributed by atoms with Crippen molar-refractivity contribution in [3.8, 4) is 16.9 Å². The van der Waals surface area contributed by atoms with Crippen molar-refractivity contribution in [3.05, 3.63) is 125 Å². The van der Waals surface area contributed by atoms with Gasteiger partial charge in [0.25, 0.3) is 0 Å². The molecule has 0 aliphatic heterocycles. The predicted molar refractivity (Wildman–Crippen MR) is 138 cm³/mol. The Labute approximate surface area is 215 Å². The van der Waals surface area contributed by atoms with Gasteiger partial charge in [0.1, 0.15) is 19.0 Å². The molecule has 0 radical (unpaired) electrons. The summed E-state index contributed by atoms with van der Waals surface area (Å²) < 4.78 is 11.4. The minimum atomic E-state index is -1.27. The van der Waals surface area contributed by atoms with Crippen LogP contribution in [0.1, 0.15) is 40.6 Å². The number of carboxylic acid groups (broad SMARTS) is 1. The van der Waals surface area contributed by atoms with Gasteiger partial charge in [-0.25, -0.2) is 4.79 Å². The summed E-state index contributed by atoms with van der Waals surface area (Å²) in [6.07, 6.45) is -1.06. The number of benzene rings is 4. The summed E-state index contributed by atoms with van der Waals surface area (Å²) in [6, 6.07) is 32.1. The van der Waals surface area contributed by atoms with Crippen LogP contribution in [0.2, 0.25) is 0 Å². The average Bonchev–Trinajstić information content (AvgIpc) is 3.25. The summed E-state index contributed by atoms with van der Waals surface area (Å²) in [4.78, 5) is 24.1. The molecule has 186 valence electrons. The van der Waals surface area contributed by atoms with Gasteiger partial charge < -0.3 is 24.7 Å². The summed E-state index contributed by atoms with van der Waals surface area (Å²) in [5.74, 6) is -0.715. The van der Waals surface area contributed by atoms with Crippen molar-refractivity contribution >= 4 is 12.1 Å². The Hall–Kier alpha value is -4.58. The number of amides is 1. The van der Waals surface area contributed by atoms with E-state index in [-0.39, 0.29) is 18.9 Å². The first-order chi connectivity index (χ1) is 18.1. The topological polar surface area (TPSA) is 87.7 Å². The molecule has 5 rings (SSSR count). The highest BCUT2D eigenvalue weighted by atomic mass is 16.5. The fourth-order valence-electron chi connectivity index (χ4n) is 4.74. The highest BCUT2D eigenvalue weighted by molar-refractivity contribution is 5.79. The highest BCUT2D eigenvalue weighted by Gasteiger charge is 2.29. The van der Waals surface area contributed by atoms with E-state index >= 15 is 0 Å². The van der Waals surface area contributed by atoms with Gasteiger partial charge in [-0.2, -0.15) is 0 Å². The lowest BCUT2D eigenvalue weighted by Gasteiger charge is -2.21. The molecule has 1 aliphatic carbocycles. The minimum absolute atomic E-state index is 0.0845. The molecule has 6 nitrogen and oxygen atoms in total. The maximum absolute atomic E-state index is 12.7. The third-order valence-electron chi connectivity index (χ3n) is 6.54. The standard InChI is InChI=1S/C31H27NO5/c33-30(34)18-29(22-14-16-23(17-15-22)36-19-21-8-2-1-3-9-21)32-31(35)37-20-28-26-12-6-4-10-24(26)25-11-5-7-13-27(25)28/h1-17,28-29H,18-20H2,(H,32,35)(H,33,34)/p-1/t29-/m0/s1. The molecule has 0 saturated carbocycles. The fraction of sp³-hybridized carbons (Fsp3) is 0.161. The van der Waals surface area contributed by atoms with Gasteiger partial charge in [-0.05, 0) is 45.5 Å². The molecular weight excluding hydrogens is 466 g/mol. The Morgan fingerprint density at radius 1 is 0.784 bits per heavy atom. The summed E-state index contributed by atoms with van der Waals surface area (Å²) >= 11 is 0. The number of alkyl carbamates (subject to hydrolysis) is 1. The summed E-state index contributed by atoms with van der Waals surface area (Å²) in [6.45, 7) is 0.560. The zero-order chi connectivity index (χ0) is 25.6. The number of carboxylic acids is 1. The molecule has 4 aromatic carbocycles. The second-order valence-corrected chi connectivity index (χ2v) is 8.94. The van der Waals surface area contributed by atoms with E-state index in [1.54, 1.807) is 24.3 Å². The van der Waals surface area contributed by atoms with Crippen LogP contribution in [0.15, 0.2) is 103 Å². The summed E-state index contributed by atoms with van der Waals surface area (Å²) in [5.41, 5.74) is 6.14. The van der Waals surface area contributed by atoms with Crippen molar-refractivity contribution in [2.75, 3.05) is 6.61 Å². The van der Waals surface area contributed by atoms with Gasteiger partial charge in [-0.1, -0.05) is 91.0 Å². The maximum Gasteiger partial charge on any atom is 0.407 e. The van der Waals surface area contributed by atoms with Crippen LogP contribution >= 0.6 is 0 Å². The Morgan fingerprint density at radius 2 is 1.38 bits per heavy atom. The highest BCUT2D eigenvalue weighted by Crippen LogP contribution is 2.44. The van der Waals surface area contributed by atoms with Crippen LogP contribution in [0.4, 0.5) is 4.79 Å². The van der Waals surface area contributed by atoms with Crippen molar-refractivity contribution in [1.82, 2.24) is 5.32 Å². The van der Waals surface area contributed by atoms with Gasteiger partial charge in [0, 0.05) is 18.3 Å². The number of rotatable bonds is 9. The van der Waals surface area contributed by atoms with Gasteiger partial charge in [0.2, 0.25) is 0 Å². The first-order valence-electron chi connectivity index (χ1n) is 12.2. The molecule has 1 amide bonds. The van der Waals surface area contributed by atoms with Gasteiger partial charge in [0.15, 0.2) is 0 Å². The molecule has 1 aliphatic rings. The Morgan fingerprint density at radius 3 is 2.00 bits per heavy atom. The number of hydrogen-bond acceptors (Lipinski definition) is 5. The van der Waals surface area contributed by atoms with Crippen LogP contribution in [0.25, 0.3) is 11.1 Å². The van der Waals surface area contributed by atoms with Gasteiger partial charge >= 0.3 is 6.09 Å². The van der Waals surface area contributed by atoms with Crippen LogP contribution in [0.3, 0.4) is 0 Å². The molecule has 0 heterocycles. The molecule has 0 spiro atoms. The predicted octanol–water partition coefficient (Wildman–Crippen LogP) is 4.99. The zero-order valence-corrected chi connectivity index (χ0v) is 20.1. The van der Waals surface area contributed by atoms with Gasteiger partial charge in [-0.3, -0.25) is 0 Å². The molecule has 4 aromatic rings. The van der Waals surface area contributed by atoms with E-state index in [0.717, 1.165) is 27.8 Å². The normalized spacial score (nSPS) is 12.8. The SMILES string of the molecule is O=C([O-])C[C@H](NC(=O)OCC1c2ccccc2-c2ccccc21)c1ccc(OCc2ccccc2)cc1. The molecule has 0 aromatic heterocycles. The number of nitrogens with one attached hydrogen (secondary N) is 1. The first kappa shape index (κ1) is 24.1. The van der Waals surface area contributed by atoms with Crippen molar-refractivity contribution in [2.45, 2.75) is 25.0 Å². The molecule has 1 atom stereocenters. The number of carbonyl (C=O) groups is 2. The lowest BCUT2D eigenvalue weighted by molar-refractivity contribution is -0.306. The third kappa shape index (κ3) is 5.64. The van der Waals surface area contributed by atoms with Crippen molar-refractivity contribution < 1.29 is 24.2 Å². The zero-order valence-electron chi connectivity index (χ0n) is 20.1. The van der Waals surface area contributed by atoms with E-state index in [2.05, 4.69) is 17.4 Å². The lowest BCUT2D eigenvalue weighted by atomic mass is 9.98. The maximum atomic E-state index is 12.7. The Bertz CT molecular complexity index is 1340. The van der Waals surface area contributed by atoms with Crippen molar-refractivity contribution in [3.63, 3.8) is 0 Å². The van der Waals surface area contributed by atoms with Crippen LogP contribution in [0, 0.1) is 0 Å². The molecule has 37 heavy (non-hydrogen) atoms. The molecule has 0 bridgehead atoms. The van der Waals surface area contributed by atoms with Gasteiger partial charge in [-0.15, -0.1) is 0 Å². The van der Waals surface area contributed by atoms with Crippen molar-refractivity contribution in [1.29, 1.82) is 0 Å². The molecular formula is C31H26NO5-. The number of carbonyl (C=O) groups excluding carboxylic acids is 2. The van der Waals surface area contributed by atoms with E-state index in [1.165, 1.54) is 0 Å². The number of aliphatic carboxylic acids is 1. The average molecular weight is 493 g/mol. The fourth-order valence-corrected chi connectivity index (χ4v) is 4.74. The third-order valence-corrected chi connectivity index (χ3v) is 6.54.